The molecule has 0 fully saturated rings. The Morgan fingerprint density at radius 3 is 2.75 bits per heavy atom. The number of hydrogen-bond acceptors (Lipinski definition) is 4. The predicted molar refractivity (Wildman–Crippen MR) is 82.1 cm³/mol. The molecule has 0 aliphatic heterocycles. The van der Waals surface area contributed by atoms with Crippen LogP contribution in [0, 0.1) is 0 Å². The fourth-order valence-electron chi connectivity index (χ4n) is 1.98. The molecule has 3 aromatic rings. The van der Waals surface area contributed by atoms with E-state index >= 15 is 0 Å². The van der Waals surface area contributed by atoms with Crippen LogP contribution < -0.4 is 11.1 Å². The highest BCUT2D eigenvalue weighted by molar-refractivity contribution is 6.30. The van der Waals surface area contributed by atoms with Crippen molar-refractivity contribution in [3.05, 3.63) is 53.1 Å². The van der Waals surface area contributed by atoms with Crippen molar-refractivity contribution in [2.45, 2.75) is 6.42 Å². The molecular weight excluding hydrogens is 274 g/mol. The fourth-order valence-corrected chi connectivity index (χ4v) is 2.11. The predicted octanol–water partition coefficient (Wildman–Crippen LogP) is 3.72. The Hall–Kier alpha value is -2.20. The van der Waals surface area contributed by atoms with E-state index in [9.17, 15) is 0 Å². The summed E-state index contributed by atoms with van der Waals surface area (Å²) in [6, 6.07) is 13.7. The zero-order valence-corrected chi connectivity index (χ0v) is 11.5. The zero-order valence-electron chi connectivity index (χ0n) is 10.8. The van der Waals surface area contributed by atoms with Crippen LogP contribution in [0.3, 0.4) is 0 Å². The summed E-state index contributed by atoms with van der Waals surface area (Å²) >= 11 is 5.85. The molecule has 5 heteroatoms. The molecule has 0 aliphatic rings. The molecule has 0 saturated heterocycles. The highest BCUT2D eigenvalue weighted by Crippen LogP contribution is 2.21. The van der Waals surface area contributed by atoms with Crippen LogP contribution in [-0.4, -0.2) is 11.5 Å². The molecule has 0 atom stereocenters. The largest absolute Gasteiger partial charge is 0.423 e. The second-order valence-corrected chi connectivity index (χ2v) is 4.99. The lowest BCUT2D eigenvalue weighted by Gasteiger charge is -2.02. The van der Waals surface area contributed by atoms with Crippen molar-refractivity contribution in [1.82, 2.24) is 4.98 Å². The summed E-state index contributed by atoms with van der Waals surface area (Å²) in [7, 11) is 0. The van der Waals surface area contributed by atoms with Crippen molar-refractivity contribution in [1.29, 1.82) is 0 Å². The molecule has 0 unspecified atom stereocenters. The van der Waals surface area contributed by atoms with Crippen LogP contribution in [0.5, 0.6) is 0 Å². The summed E-state index contributed by atoms with van der Waals surface area (Å²) in [6.07, 6.45) is 0.873. The molecule has 1 heterocycles. The summed E-state index contributed by atoms with van der Waals surface area (Å²) in [5.41, 5.74) is 9.07. The highest BCUT2D eigenvalue weighted by atomic mass is 35.5. The number of nitrogens with zero attached hydrogens (tertiary/aromatic N) is 1. The van der Waals surface area contributed by atoms with E-state index in [2.05, 4.69) is 10.3 Å². The number of aromatic nitrogens is 1. The molecular formula is C15H14ClN3O. The monoisotopic (exact) mass is 287 g/mol. The van der Waals surface area contributed by atoms with Gasteiger partial charge in [0, 0.05) is 23.3 Å². The molecule has 0 radical (unpaired) electrons. The first-order valence-corrected chi connectivity index (χ1v) is 6.73. The number of benzene rings is 2. The summed E-state index contributed by atoms with van der Waals surface area (Å²) in [4.78, 5) is 4.34. The van der Waals surface area contributed by atoms with Gasteiger partial charge in [-0.25, -0.2) is 0 Å². The first kappa shape index (κ1) is 12.8. The van der Waals surface area contributed by atoms with E-state index in [0.717, 1.165) is 23.5 Å². The van der Waals surface area contributed by atoms with E-state index in [1.807, 2.05) is 36.4 Å². The second kappa shape index (κ2) is 5.43. The standard InChI is InChI=1S/C15H14ClN3O/c16-11-3-1-10(2-4-11)7-8-18-15-19-13-6-5-12(17)9-14(13)20-15/h1-6,9H,7-8,17H2,(H,18,19). The van der Waals surface area contributed by atoms with Gasteiger partial charge >= 0.3 is 0 Å². The number of hydrogen-bond donors (Lipinski definition) is 2. The quantitative estimate of drug-likeness (QED) is 0.718. The zero-order chi connectivity index (χ0) is 13.9. The van der Waals surface area contributed by atoms with Gasteiger partial charge in [-0.2, -0.15) is 4.98 Å². The molecule has 3 N–H and O–H groups in total. The molecule has 0 aliphatic carbocycles. The van der Waals surface area contributed by atoms with E-state index in [0.29, 0.717) is 17.3 Å². The van der Waals surface area contributed by atoms with Gasteiger partial charge in [-0.3, -0.25) is 0 Å². The van der Waals surface area contributed by atoms with Crippen LogP contribution in [-0.2, 0) is 6.42 Å². The molecule has 2 aromatic carbocycles. The summed E-state index contributed by atoms with van der Waals surface area (Å²) in [6.45, 7) is 0.740. The Labute approximate surface area is 121 Å². The van der Waals surface area contributed by atoms with Gasteiger partial charge in [-0.15, -0.1) is 0 Å². The lowest BCUT2D eigenvalue weighted by atomic mass is 10.1. The van der Waals surface area contributed by atoms with Crippen LogP contribution in [0.1, 0.15) is 5.56 Å². The third-order valence-electron chi connectivity index (χ3n) is 3.02. The van der Waals surface area contributed by atoms with Crippen LogP contribution in [0.2, 0.25) is 5.02 Å². The Kier molecular flexibility index (Phi) is 3.48. The topological polar surface area (TPSA) is 64.1 Å². The first-order chi connectivity index (χ1) is 9.70. The molecule has 1 aromatic heterocycles. The maximum atomic E-state index is 5.85. The normalized spacial score (nSPS) is 10.8. The minimum atomic E-state index is 0.513. The van der Waals surface area contributed by atoms with E-state index in [-0.39, 0.29) is 0 Å². The third-order valence-corrected chi connectivity index (χ3v) is 3.27. The number of fused-ring (bicyclic) bond motifs is 1. The minimum Gasteiger partial charge on any atom is -0.423 e. The average Bonchev–Trinajstić information content (AvgIpc) is 2.83. The summed E-state index contributed by atoms with van der Waals surface area (Å²) in [5.74, 6) is 0. The molecule has 0 amide bonds. The fraction of sp³-hybridized carbons (Fsp3) is 0.133. The van der Waals surface area contributed by atoms with Crippen molar-refractivity contribution >= 4 is 34.4 Å². The number of halogens is 1. The van der Waals surface area contributed by atoms with Crippen LogP contribution >= 0.6 is 11.6 Å². The lowest BCUT2D eigenvalue weighted by molar-refractivity contribution is 0.614. The maximum absolute atomic E-state index is 5.85. The van der Waals surface area contributed by atoms with Gasteiger partial charge < -0.3 is 15.5 Å². The molecule has 3 rings (SSSR count). The third kappa shape index (κ3) is 2.86. The number of anilines is 2. The second-order valence-electron chi connectivity index (χ2n) is 4.55. The number of nitrogens with two attached hydrogens (primary N) is 1. The molecule has 4 nitrogen and oxygen atoms in total. The number of nitrogen functional groups attached to an aromatic ring is 1. The Morgan fingerprint density at radius 2 is 1.95 bits per heavy atom. The SMILES string of the molecule is Nc1ccc2nc(NCCc3ccc(Cl)cc3)oc2c1. The van der Waals surface area contributed by atoms with Crippen molar-refractivity contribution in [2.24, 2.45) is 0 Å². The van der Waals surface area contributed by atoms with Gasteiger partial charge in [-0.1, -0.05) is 23.7 Å². The molecule has 0 spiro atoms. The van der Waals surface area contributed by atoms with Gasteiger partial charge in [0.05, 0.1) is 0 Å². The smallest absolute Gasteiger partial charge is 0.295 e. The molecule has 20 heavy (non-hydrogen) atoms. The van der Waals surface area contributed by atoms with Gasteiger partial charge in [0.15, 0.2) is 5.58 Å². The van der Waals surface area contributed by atoms with Gasteiger partial charge in [-0.05, 0) is 36.2 Å². The first-order valence-electron chi connectivity index (χ1n) is 6.35. The van der Waals surface area contributed by atoms with E-state index in [4.69, 9.17) is 21.8 Å². The molecule has 0 saturated carbocycles. The van der Waals surface area contributed by atoms with Crippen molar-refractivity contribution in [3.63, 3.8) is 0 Å². The van der Waals surface area contributed by atoms with Crippen molar-refractivity contribution < 1.29 is 4.42 Å². The van der Waals surface area contributed by atoms with Gasteiger partial charge in [0.25, 0.3) is 6.01 Å². The van der Waals surface area contributed by atoms with Crippen LogP contribution in [0.25, 0.3) is 11.1 Å². The lowest BCUT2D eigenvalue weighted by Crippen LogP contribution is -2.04. The Balaban J connectivity index is 1.63. The van der Waals surface area contributed by atoms with Crippen LogP contribution in [0.15, 0.2) is 46.9 Å². The number of rotatable bonds is 4. The Bertz CT molecular complexity index is 722. The molecule has 0 bridgehead atoms. The highest BCUT2D eigenvalue weighted by Gasteiger charge is 2.05. The van der Waals surface area contributed by atoms with E-state index in [1.54, 1.807) is 6.07 Å². The van der Waals surface area contributed by atoms with Gasteiger partial charge in [0.1, 0.15) is 5.52 Å². The molecule has 102 valence electrons. The average molecular weight is 288 g/mol. The minimum absolute atomic E-state index is 0.513. The number of nitrogens with one attached hydrogen (secondary N) is 1. The van der Waals surface area contributed by atoms with E-state index < -0.39 is 0 Å². The van der Waals surface area contributed by atoms with Crippen LogP contribution in [0.4, 0.5) is 11.7 Å². The number of oxazole rings is 1. The van der Waals surface area contributed by atoms with Crippen molar-refractivity contribution in [3.8, 4) is 0 Å². The summed E-state index contributed by atoms with van der Waals surface area (Å²) in [5, 5.41) is 3.91. The Morgan fingerprint density at radius 1 is 1.15 bits per heavy atom. The van der Waals surface area contributed by atoms with E-state index in [1.165, 1.54) is 5.56 Å². The van der Waals surface area contributed by atoms with Crippen molar-refractivity contribution in [2.75, 3.05) is 17.6 Å². The summed E-state index contributed by atoms with van der Waals surface area (Å²) < 4.78 is 5.58. The maximum Gasteiger partial charge on any atom is 0.295 e. The van der Waals surface area contributed by atoms with Gasteiger partial charge in [0.2, 0.25) is 0 Å².